The van der Waals surface area contributed by atoms with Crippen molar-refractivity contribution < 1.29 is 5.11 Å². The molecule has 3 rings (SSSR count). The molecule has 3 heteroatoms. The van der Waals surface area contributed by atoms with Gasteiger partial charge in [-0.2, -0.15) is 0 Å². The van der Waals surface area contributed by atoms with Gasteiger partial charge in [0.2, 0.25) is 0 Å². The highest BCUT2D eigenvalue weighted by atomic mass is 35.5. The van der Waals surface area contributed by atoms with E-state index in [0.717, 1.165) is 24.7 Å². The molecule has 1 aliphatic carbocycles. The Morgan fingerprint density at radius 3 is 2.55 bits per heavy atom. The molecule has 3 atom stereocenters. The number of likely N-dealkylation sites (tertiary alicyclic amines) is 1. The fourth-order valence-electron chi connectivity index (χ4n) is 4.07. The molecule has 0 saturated carbocycles. The highest BCUT2D eigenvalue weighted by Gasteiger charge is 2.30. The average molecular weight is 296 g/mol. The third-order valence-corrected chi connectivity index (χ3v) is 4.85. The molecule has 0 amide bonds. The summed E-state index contributed by atoms with van der Waals surface area (Å²) in [5.41, 5.74) is 2.55. The number of phenols is 1. The van der Waals surface area contributed by atoms with E-state index in [2.05, 4.69) is 24.8 Å². The summed E-state index contributed by atoms with van der Waals surface area (Å²) >= 11 is 0. The van der Waals surface area contributed by atoms with Crippen molar-refractivity contribution in [2.45, 2.75) is 45.6 Å². The van der Waals surface area contributed by atoms with E-state index in [0.29, 0.717) is 11.8 Å². The Bertz CT molecular complexity index is 452. The van der Waals surface area contributed by atoms with Gasteiger partial charge in [-0.3, -0.25) is 4.90 Å². The zero-order valence-electron chi connectivity index (χ0n) is 12.5. The van der Waals surface area contributed by atoms with Gasteiger partial charge in [-0.05, 0) is 54.7 Å². The summed E-state index contributed by atoms with van der Waals surface area (Å²) in [6.45, 7) is 7.21. The minimum atomic E-state index is 0. The first kappa shape index (κ1) is 15.7. The summed E-state index contributed by atoms with van der Waals surface area (Å²) in [4.78, 5) is 2.67. The molecule has 112 valence electrons. The van der Waals surface area contributed by atoms with E-state index >= 15 is 0 Å². The molecule has 1 unspecified atom stereocenters. The largest absolute Gasteiger partial charge is 0.508 e. The van der Waals surface area contributed by atoms with Crippen LogP contribution in [0.25, 0.3) is 0 Å². The SMILES string of the molecule is C[C@@H]1C[C@@H](C)CN(C2CCc3cccc(O)c3C2)C1.Cl. The fourth-order valence-corrected chi connectivity index (χ4v) is 4.07. The second-order valence-corrected chi connectivity index (χ2v) is 6.71. The Balaban J connectivity index is 0.00000147. The van der Waals surface area contributed by atoms with Crippen molar-refractivity contribution in [1.82, 2.24) is 4.90 Å². The number of rotatable bonds is 1. The number of aryl methyl sites for hydroxylation is 1. The van der Waals surface area contributed by atoms with E-state index in [4.69, 9.17) is 0 Å². The average Bonchev–Trinajstić information content (AvgIpc) is 2.38. The number of benzene rings is 1. The molecule has 0 spiro atoms. The maximum atomic E-state index is 10.1. The van der Waals surface area contributed by atoms with Crippen LogP contribution in [0.15, 0.2) is 18.2 Å². The van der Waals surface area contributed by atoms with Gasteiger partial charge in [0.1, 0.15) is 5.75 Å². The summed E-state index contributed by atoms with van der Waals surface area (Å²) in [6, 6.07) is 6.61. The quantitative estimate of drug-likeness (QED) is 0.855. The zero-order valence-corrected chi connectivity index (χ0v) is 13.3. The molecule has 0 bridgehead atoms. The topological polar surface area (TPSA) is 23.5 Å². The number of piperidine rings is 1. The van der Waals surface area contributed by atoms with Crippen LogP contribution in [0.1, 0.15) is 37.8 Å². The van der Waals surface area contributed by atoms with Gasteiger partial charge in [0.15, 0.2) is 0 Å². The molecule has 1 aromatic rings. The lowest BCUT2D eigenvalue weighted by Gasteiger charge is -2.42. The Kier molecular flexibility index (Phi) is 4.98. The van der Waals surface area contributed by atoms with Crippen molar-refractivity contribution in [3.63, 3.8) is 0 Å². The van der Waals surface area contributed by atoms with Crippen molar-refractivity contribution >= 4 is 12.4 Å². The molecular formula is C17H26ClNO. The van der Waals surface area contributed by atoms with Gasteiger partial charge in [0.05, 0.1) is 0 Å². The Hall–Kier alpha value is -0.730. The summed E-state index contributed by atoms with van der Waals surface area (Å²) < 4.78 is 0. The van der Waals surface area contributed by atoms with Crippen LogP contribution in [0.2, 0.25) is 0 Å². The summed E-state index contributed by atoms with van der Waals surface area (Å²) in [5, 5.41) is 10.1. The molecular weight excluding hydrogens is 270 g/mol. The predicted molar refractivity (Wildman–Crippen MR) is 85.7 cm³/mol. The van der Waals surface area contributed by atoms with Crippen LogP contribution in [0.4, 0.5) is 0 Å². The van der Waals surface area contributed by atoms with E-state index in [1.165, 1.54) is 37.1 Å². The maximum absolute atomic E-state index is 10.1. The first-order valence-electron chi connectivity index (χ1n) is 7.67. The van der Waals surface area contributed by atoms with Crippen molar-refractivity contribution in [2.24, 2.45) is 11.8 Å². The van der Waals surface area contributed by atoms with E-state index in [1.807, 2.05) is 12.1 Å². The molecule has 2 aliphatic rings. The Morgan fingerprint density at radius 1 is 1.15 bits per heavy atom. The smallest absolute Gasteiger partial charge is 0.119 e. The highest BCUT2D eigenvalue weighted by Crippen LogP contribution is 2.33. The van der Waals surface area contributed by atoms with Gasteiger partial charge in [-0.25, -0.2) is 0 Å². The first-order valence-corrected chi connectivity index (χ1v) is 7.67. The number of fused-ring (bicyclic) bond motifs is 1. The number of aromatic hydroxyl groups is 1. The minimum Gasteiger partial charge on any atom is -0.508 e. The van der Waals surface area contributed by atoms with E-state index in [1.54, 1.807) is 0 Å². The van der Waals surface area contributed by atoms with Gasteiger partial charge < -0.3 is 5.11 Å². The normalized spacial score (nSPS) is 30.4. The van der Waals surface area contributed by atoms with Gasteiger partial charge in [-0.15, -0.1) is 12.4 Å². The van der Waals surface area contributed by atoms with Gasteiger partial charge in [0, 0.05) is 19.1 Å². The van der Waals surface area contributed by atoms with Crippen LogP contribution in [0.5, 0.6) is 5.75 Å². The van der Waals surface area contributed by atoms with Crippen molar-refractivity contribution in [1.29, 1.82) is 0 Å². The number of halogens is 1. The molecule has 1 heterocycles. The van der Waals surface area contributed by atoms with Crippen LogP contribution in [-0.2, 0) is 12.8 Å². The first-order chi connectivity index (χ1) is 9.13. The predicted octanol–water partition coefficient (Wildman–Crippen LogP) is 3.65. The standard InChI is InChI=1S/C17H25NO.ClH/c1-12-8-13(2)11-18(10-12)15-7-6-14-4-3-5-17(19)16(14)9-15;/h3-5,12-13,15,19H,6-11H2,1-2H3;1H/t12-,13-,15?;/m1./s1. The van der Waals surface area contributed by atoms with Gasteiger partial charge >= 0.3 is 0 Å². The van der Waals surface area contributed by atoms with Gasteiger partial charge in [0.25, 0.3) is 0 Å². The molecule has 0 aromatic heterocycles. The van der Waals surface area contributed by atoms with Crippen LogP contribution < -0.4 is 0 Å². The molecule has 1 saturated heterocycles. The molecule has 1 N–H and O–H groups in total. The molecule has 1 aliphatic heterocycles. The summed E-state index contributed by atoms with van der Waals surface area (Å²) in [6.07, 6.45) is 4.76. The van der Waals surface area contributed by atoms with Crippen molar-refractivity contribution in [3.05, 3.63) is 29.3 Å². The molecule has 2 nitrogen and oxygen atoms in total. The lowest BCUT2D eigenvalue weighted by atomic mass is 9.84. The van der Waals surface area contributed by atoms with Crippen molar-refractivity contribution in [3.8, 4) is 5.75 Å². The third kappa shape index (κ3) is 3.12. The fraction of sp³-hybridized carbons (Fsp3) is 0.647. The molecule has 1 aromatic carbocycles. The van der Waals surface area contributed by atoms with Crippen LogP contribution in [-0.4, -0.2) is 29.1 Å². The lowest BCUT2D eigenvalue weighted by Crippen LogP contribution is -2.47. The Morgan fingerprint density at radius 2 is 1.85 bits per heavy atom. The zero-order chi connectivity index (χ0) is 13.4. The summed E-state index contributed by atoms with van der Waals surface area (Å²) in [5.74, 6) is 2.13. The molecule has 0 radical (unpaired) electrons. The number of hydrogen-bond acceptors (Lipinski definition) is 2. The van der Waals surface area contributed by atoms with Crippen molar-refractivity contribution in [2.75, 3.05) is 13.1 Å². The summed E-state index contributed by atoms with van der Waals surface area (Å²) in [7, 11) is 0. The molecule has 1 fully saturated rings. The van der Waals surface area contributed by atoms with Gasteiger partial charge in [-0.1, -0.05) is 26.0 Å². The Labute approximate surface area is 128 Å². The van der Waals surface area contributed by atoms with E-state index < -0.39 is 0 Å². The second-order valence-electron chi connectivity index (χ2n) is 6.71. The minimum absolute atomic E-state index is 0. The lowest BCUT2D eigenvalue weighted by molar-refractivity contribution is 0.0875. The second kappa shape index (κ2) is 6.36. The maximum Gasteiger partial charge on any atom is 0.119 e. The number of phenolic OH excluding ortho intramolecular Hbond substituents is 1. The van der Waals surface area contributed by atoms with Crippen LogP contribution in [0.3, 0.4) is 0 Å². The third-order valence-electron chi connectivity index (χ3n) is 4.85. The monoisotopic (exact) mass is 295 g/mol. The van der Waals surface area contributed by atoms with Crippen LogP contribution in [0, 0.1) is 11.8 Å². The number of hydrogen-bond donors (Lipinski definition) is 1. The molecule has 20 heavy (non-hydrogen) atoms. The van der Waals surface area contributed by atoms with E-state index in [-0.39, 0.29) is 12.4 Å². The van der Waals surface area contributed by atoms with Crippen LogP contribution >= 0.6 is 12.4 Å². The van der Waals surface area contributed by atoms with E-state index in [9.17, 15) is 5.11 Å². The highest BCUT2D eigenvalue weighted by molar-refractivity contribution is 5.85. The number of nitrogens with zero attached hydrogens (tertiary/aromatic N) is 1.